The number of amides is 4. The first-order valence-corrected chi connectivity index (χ1v) is 18.2. The van der Waals surface area contributed by atoms with Gasteiger partial charge in [0.1, 0.15) is 17.3 Å². The number of thiophene rings is 1. The molecule has 6 atom stereocenters. The molecule has 9 nitrogen and oxygen atoms in total. The Kier molecular flexibility index (Phi) is 7.02. The highest BCUT2D eigenvalue weighted by Gasteiger charge is 2.68. The molecule has 0 spiro atoms. The Morgan fingerprint density at radius 3 is 2.41 bits per heavy atom. The number of imide groups is 2. The second-order valence-electron chi connectivity index (χ2n) is 14.3. The van der Waals surface area contributed by atoms with Crippen LogP contribution < -0.4 is 9.80 Å². The zero-order chi connectivity index (χ0) is 35.5. The SMILES string of the molecule is Cc1c(-c2cc(N3C(=O)C4CC5C(=CCC6C(=O)N(c7ccccc7)C(=O)C65)C(c5ccccc5O)C4(C)C3=O)n(C)n2)sc2ccc(Cl)cc12. The fraction of sp³-hybridized carbons (Fsp3) is 0.275. The van der Waals surface area contributed by atoms with Crippen molar-refractivity contribution < 1.29 is 24.3 Å². The lowest BCUT2D eigenvalue weighted by molar-refractivity contribution is -0.131. The lowest BCUT2D eigenvalue weighted by atomic mass is 9.51. The number of carbonyl (C=O) groups is 4. The number of para-hydroxylation sites is 2. The molecule has 2 aliphatic heterocycles. The number of hydrogen-bond donors (Lipinski definition) is 1. The number of aromatic hydroxyl groups is 1. The van der Waals surface area contributed by atoms with E-state index in [0.717, 1.165) is 26.1 Å². The lowest BCUT2D eigenvalue weighted by Gasteiger charge is -2.49. The van der Waals surface area contributed by atoms with Crippen LogP contribution in [0, 0.1) is 36.0 Å². The summed E-state index contributed by atoms with van der Waals surface area (Å²) in [7, 11) is 1.72. The smallest absolute Gasteiger partial charge is 0.242 e. The molecule has 3 aromatic carbocycles. The van der Waals surface area contributed by atoms with Gasteiger partial charge >= 0.3 is 0 Å². The number of phenols is 1. The summed E-state index contributed by atoms with van der Waals surface area (Å²) in [5.74, 6) is -4.25. The summed E-state index contributed by atoms with van der Waals surface area (Å²) in [6, 6.07) is 23.3. The molecule has 5 aromatic rings. The lowest BCUT2D eigenvalue weighted by Crippen LogP contribution is -2.49. The molecule has 256 valence electrons. The van der Waals surface area contributed by atoms with Crippen LogP contribution in [-0.2, 0) is 26.2 Å². The number of aryl methyl sites for hydroxylation is 2. The Balaban J connectivity index is 1.15. The molecule has 51 heavy (non-hydrogen) atoms. The van der Waals surface area contributed by atoms with Gasteiger partial charge in [0.2, 0.25) is 23.6 Å². The minimum absolute atomic E-state index is 0.00717. The Labute approximate surface area is 302 Å². The van der Waals surface area contributed by atoms with E-state index in [9.17, 15) is 24.3 Å². The van der Waals surface area contributed by atoms with Crippen LogP contribution >= 0.6 is 22.9 Å². The zero-order valence-electron chi connectivity index (χ0n) is 28.0. The number of rotatable bonds is 4. The molecule has 0 bridgehead atoms. The van der Waals surface area contributed by atoms with E-state index in [2.05, 4.69) is 0 Å². The topological polar surface area (TPSA) is 113 Å². The maximum absolute atomic E-state index is 15.0. The molecule has 3 fully saturated rings. The fourth-order valence-corrected chi connectivity index (χ4v) is 10.7. The Morgan fingerprint density at radius 1 is 0.902 bits per heavy atom. The number of halogens is 1. The molecule has 11 heteroatoms. The molecular formula is C40H33ClN4O5S. The normalized spacial score (nSPS) is 27.2. The van der Waals surface area contributed by atoms with Gasteiger partial charge < -0.3 is 5.11 Å². The van der Waals surface area contributed by atoms with Gasteiger partial charge in [0, 0.05) is 34.3 Å². The van der Waals surface area contributed by atoms with E-state index < -0.39 is 35.0 Å². The first-order valence-electron chi connectivity index (χ1n) is 17.0. The summed E-state index contributed by atoms with van der Waals surface area (Å²) in [6.07, 6.45) is 2.53. The molecule has 1 N–H and O–H groups in total. The predicted molar refractivity (Wildman–Crippen MR) is 195 cm³/mol. The molecule has 6 unspecified atom stereocenters. The van der Waals surface area contributed by atoms with Crippen molar-refractivity contribution in [1.29, 1.82) is 0 Å². The average molecular weight is 717 g/mol. The van der Waals surface area contributed by atoms with Crippen LogP contribution in [0.2, 0.25) is 5.02 Å². The highest BCUT2D eigenvalue weighted by molar-refractivity contribution is 7.22. The van der Waals surface area contributed by atoms with Crippen molar-refractivity contribution in [3.63, 3.8) is 0 Å². The average Bonchev–Trinajstić information content (AvgIpc) is 3.79. The number of benzene rings is 3. The van der Waals surface area contributed by atoms with Crippen LogP contribution in [0.1, 0.15) is 36.8 Å². The number of carbonyl (C=O) groups excluding carboxylic acids is 4. The molecule has 2 aromatic heterocycles. The molecule has 4 amide bonds. The van der Waals surface area contributed by atoms with E-state index in [0.29, 0.717) is 34.2 Å². The van der Waals surface area contributed by atoms with Gasteiger partial charge in [-0.1, -0.05) is 59.6 Å². The fourth-order valence-electron chi connectivity index (χ4n) is 9.36. The molecule has 4 heterocycles. The van der Waals surface area contributed by atoms with Gasteiger partial charge in [-0.3, -0.25) is 28.8 Å². The maximum Gasteiger partial charge on any atom is 0.242 e. The van der Waals surface area contributed by atoms with Crippen LogP contribution in [0.5, 0.6) is 5.75 Å². The van der Waals surface area contributed by atoms with Gasteiger partial charge in [0.15, 0.2) is 0 Å². The van der Waals surface area contributed by atoms with Crippen molar-refractivity contribution in [3.05, 3.63) is 107 Å². The number of hydrogen-bond acceptors (Lipinski definition) is 7. The molecule has 9 rings (SSSR count). The highest BCUT2D eigenvalue weighted by Crippen LogP contribution is 2.64. The van der Waals surface area contributed by atoms with Gasteiger partial charge in [0.25, 0.3) is 0 Å². The molecule has 2 saturated heterocycles. The van der Waals surface area contributed by atoms with E-state index in [1.807, 2.05) is 44.2 Å². The van der Waals surface area contributed by atoms with E-state index in [4.69, 9.17) is 16.7 Å². The number of anilines is 2. The predicted octanol–water partition coefficient (Wildman–Crippen LogP) is 7.40. The van der Waals surface area contributed by atoms with Crippen molar-refractivity contribution in [2.24, 2.45) is 36.1 Å². The molecule has 1 saturated carbocycles. The maximum atomic E-state index is 15.0. The zero-order valence-corrected chi connectivity index (χ0v) is 29.6. The molecule has 0 radical (unpaired) electrons. The second kappa shape index (κ2) is 11.2. The van der Waals surface area contributed by atoms with Crippen LogP contribution in [0.3, 0.4) is 0 Å². The summed E-state index contributed by atoms with van der Waals surface area (Å²) < 4.78 is 2.62. The molecule has 2 aliphatic carbocycles. The van der Waals surface area contributed by atoms with E-state index in [1.54, 1.807) is 77.7 Å². The van der Waals surface area contributed by atoms with Crippen molar-refractivity contribution in [2.45, 2.75) is 32.6 Å². The third kappa shape index (κ3) is 4.35. The van der Waals surface area contributed by atoms with Gasteiger partial charge in [-0.25, -0.2) is 4.90 Å². The third-order valence-corrected chi connectivity index (χ3v) is 13.3. The van der Waals surface area contributed by atoms with Crippen LogP contribution in [0.25, 0.3) is 20.7 Å². The Hall–Kier alpha value is -5.06. The molecular weight excluding hydrogens is 684 g/mol. The summed E-state index contributed by atoms with van der Waals surface area (Å²) in [6.45, 7) is 3.82. The summed E-state index contributed by atoms with van der Waals surface area (Å²) in [4.78, 5) is 61.3. The largest absolute Gasteiger partial charge is 0.508 e. The summed E-state index contributed by atoms with van der Waals surface area (Å²) in [5, 5.41) is 17.7. The monoisotopic (exact) mass is 716 g/mol. The van der Waals surface area contributed by atoms with Gasteiger partial charge in [-0.05, 0) is 80.0 Å². The Bertz CT molecular complexity index is 2380. The van der Waals surface area contributed by atoms with E-state index in [1.165, 1.54) is 9.80 Å². The number of aromatic nitrogens is 2. The van der Waals surface area contributed by atoms with Crippen molar-refractivity contribution in [2.75, 3.05) is 9.80 Å². The number of phenolic OH excluding ortho intramolecular Hbond substituents is 1. The first kappa shape index (κ1) is 31.9. The van der Waals surface area contributed by atoms with Crippen molar-refractivity contribution >= 4 is 68.2 Å². The number of allylic oxidation sites excluding steroid dienone is 2. The number of nitrogens with zero attached hydrogens (tertiary/aromatic N) is 4. The van der Waals surface area contributed by atoms with Gasteiger partial charge in [-0.15, -0.1) is 11.3 Å². The summed E-state index contributed by atoms with van der Waals surface area (Å²) >= 11 is 7.87. The summed E-state index contributed by atoms with van der Waals surface area (Å²) in [5.41, 5.74) is 2.21. The van der Waals surface area contributed by atoms with E-state index in [-0.39, 0.29) is 35.8 Å². The van der Waals surface area contributed by atoms with Crippen LogP contribution in [0.4, 0.5) is 11.5 Å². The van der Waals surface area contributed by atoms with Crippen LogP contribution in [0.15, 0.2) is 90.5 Å². The first-order chi connectivity index (χ1) is 24.5. The minimum atomic E-state index is -1.29. The van der Waals surface area contributed by atoms with Gasteiger partial charge in [0.05, 0.1) is 33.7 Å². The van der Waals surface area contributed by atoms with Crippen molar-refractivity contribution in [1.82, 2.24) is 9.78 Å². The minimum Gasteiger partial charge on any atom is -0.508 e. The van der Waals surface area contributed by atoms with Crippen molar-refractivity contribution in [3.8, 4) is 16.3 Å². The number of fused-ring (bicyclic) bond motifs is 5. The van der Waals surface area contributed by atoms with E-state index >= 15 is 0 Å². The molecule has 4 aliphatic rings. The second-order valence-corrected chi connectivity index (χ2v) is 15.8. The highest BCUT2D eigenvalue weighted by atomic mass is 35.5. The quantitative estimate of drug-likeness (QED) is 0.153. The third-order valence-electron chi connectivity index (χ3n) is 11.8. The van der Waals surface area contributed by atoms with Gasteiger partial charge in [-0.2, -0.15) is 5.10 Å². The standard InChI is InChI=1S/C40H33ClN4O5S/c1-20-26-17-21(41)13-16-31(26)51-35(20)29-19-32(43(3)42-29)45-37(48)28-18-27-23(34(40(28,2)39(45)50)24-11-7-8-12-30(24)46)14-15-25-33(27)38(49)44(36(25)47)22-9-5-4-6-10-22/h4-14,16-17,19,25,27-28,33-34,46H,15,18H2,1-3H3. The Morgan fingerprint density at radius 2 is 1.65 bits per heavy atom. The van der Waals surface area contributed by atoms with Crippen LogP contribution in [-0.4, -0.2) is 38.5 Å².